The number of hydrogen-bond donors (Lipinski definition) is 1. The standard InChI is InChI=1S/C12H21NO/c13-11-6-3-10(4-7-11)5-8-12-2-1-9-14-12/h5,11-12H,1-4,6-9,13H2. The lowest BCUT2D eigenvalue weighted by Gasteiger charge is -2.20. The van der Waals surface area contributed by atoms with E-state index in [2.05, 4.69) is 6.08 Å². The molecule has 2 fully saturated rings. The Labute approximate surface area is 86.5 Å². The van der Waals surface area contributed by atoms with Crippen molar-refractivity contribution < 1.29 is 4.74 Å². The van der Waals surface area contributed by atoms with Crippen molar-refractivity contribution in [2.45, 2.75) is 57.1 Å². The molecule has 0 aromatic heterocycles. The van der Waals surface area contributed by atoms with E-state index in [1.54, 1.807) is 5.57 Å². The highest BCUT2D eigenvalue weighted by atomic mass is 16.5. The molecule has 1 atom stereocenters. The number of allylic oxidation sites excluding steroid dienone is 1. The number of ether oxygens (including phenoxy) is 1. The third-order valence-electron chi connectivity index (χ3n) is 3.37. The molecule has 1 unspecified atom stereocenters. The lowest BCUT2D eigenvalue weighted by Crippen LogP contribution is -2.23. The Morgan fingerprint density at radius 1 is 1.29 bits per heavy atom. The average Bonchev–Trinajstić information content (AvgIpc) is 2.70. The van der Waals surface area contributed by atoms with E-state index in [0.29, 0.717) is 12.1 Å². The zero-order valence-electron chi connectivity index (χ0n) is 8.87. The van der Waals surface area contributed by atoms with Crippen LogP contribution < -0.4 is 5.73 Å². The van der Waals surface area contributed by atoms with Crippen molar-refractivity contribution in [3.8, 4) is 0 Å². The first-order valence-electron chi connectivity index (χ1n) is 5.89. The van der Waals surface area contributed by atoms with Gasteiger partial charge in [-0.05, 0) is 44.9 Å². The molecule has 2 N–H and O–H groups in total. The van der Waals surface area contributed by atoms with Gasteiger partial charge in [0.15, 0.2) is 0 Å². The second-order valence-electron chi connectivity index (χ2n) is 4.57. The first-order chi connectivity index (χ1) is 6.84. The van der Waals surface area contributed by atoms with E-state index in [-0.39, 0.29) is 0 Å². The Kier molecular flexibility index (Phi) is 3.60. The highest BCUT2D eigenvalue weighted by Crippen LogP contribution is 2.24. The van der Waals surface area contributed by atoms with Gasteiger partial charge in [0.2, 0.25) is 0 Å². The van der Waals surface area contributed by atoms with Crippen LogP contribution in [-0.4, -0.2) is 18.8 Å². The minimum Gasteiger partial charge on any atom is -0.378 e. The van der Waals surface area contributed by atoms with Gasteiger partial charge in [0.25, 0.3) is 0 Å². The molecule has 2 nitrogen and oxygen atoms in total. The normalized spacial score (nSPS) is 33.4. The molecule has 0 aromatic carbocycles. The van der Waals surface area contributed by atoms with Crippen LogP contribution in [0.5, 0.6) is 0 Å². The van der Waals surface area contributed by atoms with Crippen LogP contribution in [0.25, 0.3) is 0 Å². The lowest BCUT2D eigenvalue weighted by molar-refractivity contribution is 0.113. The summed E-state index contributed by atoms with van der Waals surface area (Å²) in [5.41, 5.74) is 7.48. The van der Waals surface area contributed by atoms with Crippen LogP contribution in [0.1, 0.15) is 44.9 Å². The minimum absolute atomic E-state index is 0.454. The number of rotatable bonds is 2. The highest BCUT2D eigenvalue weighted by Gasteiger charge is 2.16. The molecule has 2 heteroatoms. The van der Waals surface area contributed by atoms with Crippen molar-refractivity contribution >= 4 is 0 Å². The summed E-state index contributed by atoms with van der Waals surface area (Å²) in [4.78, 5) is 0. The van der Waals surface area contributed by atoms with Crippen molar-refractivity contribution in [2.75, 3.05) is 6.61 Å². The predicted molar refractivity (Wildman–Crippen MR) is 58.1 cm³/mol. The van der Waals surface area contributed by atoms with Crippen molar-refractivity contribution in [3.63, 3.8) is 0 Å². The topological polar surface area (TPSA) is 35.2 Å². The summed E-state index contributed by atoms with van der Waals surface area (Å²) in [6.45, 7) is 0.971. The maximum atomic E-state index is 5.86. The minimum atomic E-state index is 0.454. The van der Waals surface area contributed by atoms with Crippen LogP contribution in [0.15, 0.2) is 11.6 Å². The third kappa shape index (κ3) is 2.82. The maximum Gasteiger partial charge on any atom is 0.0610 e. The molecule has 1 saturated heterocycles. The van der Waals surface area contributed by atoms with Crippen LogP contribution in [0, 0.1) is 0 Å². The summed E-state index contributed by atoms with van der Waals surface area (Å²) in [7, 11) is 0. The largest absolute Gasteiger partial charge is 0.378 e. The molecule has 0 amide bonds. The Hall–Kier alpha value is -0.340. The van der Waals surface area contributed by atoms with Crippen molar-refractivity contribution in [1.82, 2.24) is 0 Å². The fourth-order valence-corrected chi connectivity index (χ4v) is 2.34. The van der Waals surface area contributed by atoms with E-state index in [1.807, 2.05) is 0 Å². The van der Waals surface area contributed by atoms with Gasteiger partial charge in [-0.1, -0.05) is 11.6 Å². The zero-order chi connectivity index (χ0) is 9.80. The molecule has 0 aromatic rings. The van der Waals surface area contributed by atoms with E-state index in [9.17, 15) is 0 Å². The predicted octanol–water partition coefficient (Wildman–Crippen LogP) is 2.38. The van der Waals surface area contributed by atoms with E-state index >= 15 is 0 Å². The van der Waals surface area contributed by atoms with Crippen molar-refractivity contribution in [2.24, 2.45) is 5.73 Å². The first-order valence-corrected chi connectivity index (χ1v) is 5.89. The van der Waals surface area contributed by atoms with Gasteiger partial charge in [0.1, 0.15) is 0 Å². The summed E-state index contributed by atoms with van der Waals surface area (Å²) >= 11 is 0. The van der Waals surface area contributed by atoms with Gasteiger partial charge in [-0.25, -0.2) is 0 Å². The Bertz CT molecular complexity index is 196. The molecule has 1 aliphatic heterocycles. The van der Waals surface area contributed by atoms with Gasteiger partial charge in [-0.2, -0.15) is 0 Å². The monoisotopic (exact) mass is 195 g/mol. The Morgan fingerprint density at radius 2 is 2.07 bits per heavy atom. The van der Waals surface area contributed by atoms with Gasteiger partial charge >= 0.3 is 0 Å². The zero-order valence-corrected chi connectivity index (χ0v) is 8.87. The summed E-state index contributed by atoms with van der Waals surface area (Å²) in [5.74, 6) is 0. The lowest BCUT2D eigenvalue weighted by atomic mass is 9.90. The SMILES string of the molecule is NC1CCC(=CCC2CCCO2)CC1. The quantitative estimate of drug-likeness (QED) is 0.687. The van der Waals surface area contributed by atoms with Crippen LogP contribution in [0.4, 0.5) is 0 Å². The third-order valence-corrected chi connectivity index (χ3v) is 3.37. The van der Waals surface area contributed by atoms with Crippen LogP contribution in [0.2, 0.25) is 0 Å². The van der Waals surface area contributed by atoms with Gasteiger partial charge in [0, 0.05) is 12.6 Å². The molecule has 0 bridgehead atoms. The second kappa shape index (κ2) is 4.94. The second-order valence-corrected chi connectivity index (χ2v) is 4.57. The fourth-order valence-electron chi connectivity index (χ4n) is 2.34. The average molecular weight is 195 g/mol. The van der Waals surface area contributed by atoms with Gasteiger partial charge in [-0.15, -0.1) is 0 Å². The van der Waals surface area contributed by atoms with Crippen LogP contribution in [0.3, 0.4) is 0 Å². The molecule has 1 saturated carbocycles. The van der Waals surface area contributed by atoms with Gasteiger partial charge in [0.05, 0.1) is 6.10 Å². The Morgan fingerprint density at radius 3 is 2.71 bits per heavy atom. The maximum absolute atomic E-state index is 5.86. The molecule has 2 rings (SSSR count). The summed E-state index contributed by atoms with van der Waals surface area (Å²) in [6, 6.07) is 0.454. The number of hydrogen-bond acceptors (Lipinski definition) is 2. The molecule has 80 valence electrons. The Balaban J connectivity index is 1.74. The van der Waals surface area contributed by atoms with Crippen molar-refractivity contribution in [1.29, 1.82) is 0 Å². The molecule has 1 aliphatic carbocycles. The number of nitrogens with two attached hydrogens (primary N) is 1. The summed E-state index contributed by atoms with van der Waals surface area (Å²) in [6.07, 6.45) is 11.3. The van der Waals surface area contributed by atoms with E-state index in [0.717, 1.165) is 13.0 Å². The molecule has 1 heterocycles. The van der Waals surface area contributed by atoms with Gasteiger partial charge < -0.3 is 10.5 Å². The smallest absolute Gasteiger partial charge is 0.0610 e. The van der Waals surface area contributed by atoms with Crippen LogP contribution >= 0.6 is 0 Å². The highest BCUT2D eigenvalue weighted by molar-refractivity contribution is 5.06. The van der Waals surface area contributed by atoms with E-state index in [4.69, 9.17) is 10.5 Å². The van der Waals surface area contributed by atoms with Crippen molar-refractivity contribution in [3.05, 3.63) is 11.6 Å². The summed E-state index contributed by atoms with van der Waals surface area (Å²) in [5, 5.41) is 0. The molecule has 0 radical (unpaired) electrons. The first kappa shape index (κ1) is 10.2. The molecular weight excluding hydrogens is 174 g/mol. The fraction of sp³-hybridized carbons (Fsp3) is 0.833. The van der Waals surface area contributed by atoms with E-state index in [1.165, 1.54) is 38.5 Å². The molecule has 0 spiro atoms. The molecule has 2 aliphatic rings. The van der Waals surface area contributed by atoms with Gasteiger partial charge in [-0.3, -0.25) is 0 Å². The molecular formula is C12H21NO. The van der Waals surface area contributed by atoms with E-state index < -0.39 is 0 Å². The summed E-state index contributed by atoms with van der Waals surface area (Å²) < 4.78 is 5.60. The van der Waals surface area contributed by atoms with Crippen LogP contribution in [-0.2, 0) is 4.74 Å². The molecule has 14 heavy (non-hydrogen) atoms.